The van der Waals surface area contributed by atoms with E-state index in [9.17, 15) is 4.79 Å². The van der Waals surface area contributed by atoms with Crippen LogP contribution >= 0.6 is 11.6 Å². The van der Waals surface area contributed by atoms with Gasteiger partial charge in [-0.2, -0.15) is 5.10 Å². The minimum absolute atomic E-state index is 0.132. The van der Waals surface area contributed by atoms with Crippen molar-refractivity contribution in [2.75, 3.05) is 5.32 Å². The summed E-state index contributed by atoms with van der Waals surface area (Å²) in [5.74, 6) is -0.132. The van der Waals surface area contributed by atoms with Gasteiger partial charge in [0, 0.05) is 11.3 Å². The van der Waals surface area contributed by atoms with Gasteiger partial charge in [0.1, 0.15) is 0 Å². The molecule has 116 valence electrons. The number of carbonyl (C=O) groups excluding carboxylic acids is 1. The summed E-state index contributed by atoms with van der Waals surface area (Å²) in [6.45, 7) is 3.80. The van der Waals surface area contributed by atoms with Gasteiger partial charge in [-0.15, -0.1) is 0 Å². The molecule has 0 fully saturated rings. The molecule has 0 spiro atoms. The predicted molar refractivity (Wildman–Crippen MR) is 92.4 cm³/mol. The molecule has 0 radical (unpaired) electrons. The van der Waals surface area contributed by atoms with Crippen LogP contribution in [-0.2, 0) is 0 Å². The van der Waals surface area contributed by atoms with Crippen molar-refractivity contribution in [2.45, 2.75) is 13.8 Å². The molecule has 1 amide bonds. The maximum atomic E-state index is 12.1. The Kier molecular flexibility index (Phi) is 4.17. The lowest BCUT2D eigenvalue weighted by Crippen LogP contribution is -2.11. The van der Waals surface area contributed by atoms with Gasteiger partial charge in [-0.1, -0.05) is 29.8 Å². The Labute approximate surface area is 139 Å². The molecule has 0 aliphatic carbocycles. The number of anilines is 1. The fraction of sp³-hybridized carbons (Fsp3) is 0.111. The van der Waals surface area contributed by atoms with Crippen molar-refractivity contribution in [1.82, 2.24) is 9.78 Å². The smallest absolute Gasteiger partial charge is 0.255 e. The lowest BCUT2D eigenvalue weighted by atomic mass is 10.2. The summed E-state index contributed by atoms with van der Waals surface area (Å²) in [5, 5.41) is 7.96. The molecular formula is C18H16ClN3O. The molecule has 23 heavy (non-hydrogen) atoms. The number of benzene rings is 2. The Hall–Kier alpha value is -2.59. The van der Waals surface area contributed by atoms with Crippen LogP contribution in [0.15, 0.2) is 54.6 Å². The first-order valence-electron chi connectivity index (χ1n) is 7.25. The van der Waals surface area contributed by atoms with Gasteiger partial charge in [-0.05, 0) is 50.2 Å². The van der Waals surface area contributed by atoms with Crippen LogP contribution in [-0.4, -0.2) is 15.7 Å². The van der Waals surface area contributed by atoms with Crippen LogP contribution in [0.2, 0.25) is 5.02 Å². The Morgan fingerprint density at radius 1 is 1.04 bits per heavy atom. The molecule has 0 atom stereocenters. The normalized spacial score (nSPS) is 10.6. The summed E-state index contributed by atoms with van der Waals surface area (Å²) >= 11 is 6.18. The zero-order valence-electron chi connectivity index (χ0n) is 12.9. The Balaban J connectivity index is 1.80. The third-order valence-electron chi connectivity index (χ3n) is 3.61. The van der Waals surface area contributed by atoms with Crippen molar-refractivity contribution in [3.05, 3.63) is 76.6 Å². The number of nitrogens with one attached hydrogen (secondary N) is 1. The summed E-state index contributed by atoms with van der Waals surface area (Å²) in [5.41, 5.74) is 3.95. The van der Waals surface area contributed by atoms with Crippen LogP contribution in [0, 0.1) is 13.8 Å². The average Bonchev–Trinajstić information content (AvgIpc) is 2.84. The number of aryl methyl sites for hydroxylation is 1. The van der Waals surface area contributed by atoms with Crippen LogP contribution in [0.1, 0.15) is 21.7 Å². The molecule has 5 heteroatoms. The van der Waals surface area contributed by atoms with Crippen LogP contribution < -0.4 is 5.32 Å². The third-order valence-corrected chi connectivity index (χ3v) is 4.16. The molecule has 0 saturated heterocycles. The van der Waals surface area contributed by atoms with Gasteiger partial charge in [0.2, 0.25) is 0 Å². The standard InChI is InChI=1S/C18H16ClN3O/c1-12-17(19)13(2)22(21-12)16-10-8-15(9-11-16)20-18(23)14-6-4-3-5-7-14/h3-11H,1-2H3,(H,20,23). The zero-order valence-corrected chi connectivity index (χ0v) is 13.6. The summed E-state index contributed by atoms with van der Waals surface area (Å²) in [6.07, 6.45) is 0. The first-order chi connectivity index (χ1) is 11.1. The average molecular weight is 326 g/mol. The summed E-state index contributed by atoms with van der Waals surface area (Å²) in [7, 11) is 0. The molecule has 4 nitrogen and oxygen atoms in total. The fourth-order valence-electron chi connectivity index (χ4n) is 2.35. The van der Waals surface area contributed by atoms with Crippen LogP contribution in [0.25, 0.3) is 5.69 Å². The Bertz CT molecular complexity index is 839. The highest BCUT2D eigenvalue weighted by Gasteiger charge is 2.11. The Morgan fingerprint density at radius 3 is 2.26 bits per heavy atom. The van der Waals surface area contributed by atoms with Gasteiger partial charge in [0.05, 0.1) is 22.1 Å². The van der Waals surface area contributed by atoms with Crippen molar-refractivity contribution in [3.63, 3.8) is 0 Å². The molecule has 1 aromatic heterocycles. The largest absolute Gasteiger partial charge is 0.322 e. The van der Waals surface area contributed by atoms with E-state index in [2.05, 4.69) is 10.4 Å². The monoisotopic (exact) mass is 325 g/mol. The number of nitrogens with zero attached hydrogens (tertiary/aromatic N) is 2. The Morgan fingerprint density at radius 2 is 1.70 bits per heavy atom. The van der Waals surface area contributed by atoms with E-state index in [1.807, 2.05) is 56.3 Å². The second-order valence-electron chi connectivity index (χ2n) is 5.26. The molecule has 0 unspecified atom stereocenters. The zero-order chi connectivity index (χ0) is 16.4. The van der Waals surface area contributed by atoms with Gasteiger partial charge >= 0.3 is 0 Å². The summed E-state index contributed by atoms with van der Waals surface area (Å²) in [6, 6.07) is 16.6. The maximum absolute atomic E-state index is 12.1. The first kappa shape index (κ1) is 15.3. The van der Waals surface area contributed by atoms with E-state index >= 15 is 0 Å². The number of carbonyl (C=O) groups is 1. The lowest BCUT2D eigenvalue weighted by Gasteiger charge is -2.08. The summed E-state index contributed by atoms with van der Waals surface area (Å²) < 4.78 is 1.79. The number of amides is 1. The molecule has 3 aromatic rings. The molecule has 3 rings (SSSR count). The molecule has 0 aliphatic rings. The minimum atomic E-state index is -0.132. The molecule has 1 heterocycles. The van der Waals surface area contributed by atoms with Crippen molar-refractivity contribution < 1.29 is 4.79 Å². The van der Waals surface area contributed by atoms with E-state index in [0.717, 1.165) is 22.8 Å². The number of halogens is 1. The maximum Gasteiger partial charge on any atom is 0.255 e. The second kappa shape index (κ2) is 6.26. The minimum Gasteiger partial charge on any atom is -0.322 e. The van der Waals surface area contributed by atoms with E-state index in [1.165, 1.54) is 0 Å². The lowest BCUT2D eigenvalue weighted by molar-refractivity contribution is 0.102. The van der Waals surface area contributed by atoms with Crippen LogP contribution in [0.5, 0.6) is 0 Å². The SMILES string of the molecule is Cc1nn(-c2ccc(NC(=O)c3ccccc3)cc2)c(C)c1Cl. The highest BCUT2D eigenvalue weighted by Crippen LogP contribution is 2.23. The van der Waals surface area contributed by atoms with Crippen LogP contribution in [0.4, 0.5) is 5.69 Å². The van der Waals surface area contributed by atoms with Crippen molar-refractivity contribution in [3.8, 4) is 5.69 Å². The molecule has 0 bridgehead atoms. The summed E-state index contributed by atoms with van der Waals surface area (Å²) in [4.78, 5) is 12.1. The second-order valence-corrected chi connectivity index (χ2v) is 5.64. The molecular weight excluding hydrogens is 310 g/mol. The van der Waals surface area contributed by atoms with Crippen molar-refractivity contribution >= 4 is 23.2 Å². The van der Waals surface area contributed by atoms with Crippen LogP contribution in [0.3, 0.4) is 0 Å². The number of hydrogen-bond donors (Lipinski definition) is 1. The fourth-order valence-corrected chi connectivity index (χ4v) is 2.47. The van der Waals surface area contributed by atoms with Gasteiger partial charge in [0.15, 0.2) is 0 Å². The molecule has 0 aliphatic heterocycles. The van der Waals surface area contributed by atoms with E-state index in [-0.39, 0.29) is 5.91 Å². The number of rotatable bonds is 3. The van der Waals surface area contributed by atoms with Gasteiger partial charge < -0.3 is 5.32 Å². The van der Waals surface area contributed by atoms with E-state index in [4.69, 9.17) is 11.6 Å². The highest BCUT2D eigenvalue weighted by atomic mass is 35.5. The molecule has 1 N–H and O–H groups in total. The molecule has 0 saturated carbocycles. The van der Waals surface area contributed by atoms with Gasteiger partial charge in [0.25, 0.3) is 5.91 Å². The van der Waals surface area contributed by atoms with Crippen molar-refractivity contribution in [1.29, 1.82) is 0 Å². The number of hydrogen-bond acceptors (Lipinski definition) is 2. The number of aromatic nitrogens is 2. The van der Waals surface area contributed by atoms with E-state index < -0.39 is 0 Å². The van der Waals surface area contributed by atoms with Gasteiger partial charge in [-0.3, -0.25) is 4.79 Å². The highest BCUT2D eigenvalue weighted by molar-refractivity contribution is 6.31. The first-order valence-corrected chi connectivity index (χ1v) is 7.62. The third kappa shape index (κ3) is 3.12. The van der Waals surface area contributed by atoms with Crippen molar-refractivity contribution in [2.24, 2.45) is 0 Å². The molecule has 2 aromatic carbocycles. The quantitative estimate of drug-likeness (QED) is 0.776. The predicted octanol–water partition coefficient (Wildman–Crippen LogP) is 4.39. The van der Waals surface area contributed by atoms with E-state index in [0.29, 0.717) is 10.6 Å². The topological polar surface area (TPSA) is 46.9 Å². The van der Waals surface area contributed by atoms with E-state index in [1.54, 1.807) is 16.8 Å². The van der Waals surface area contributed by atoms with Gasteiger partial charge in [-0.25, -0.2) is 4.68 Å².